The van der Waals surface area contributed by atoms with E-state index in [1.807, 2.05) is 18.2 Å². The van der Waals surface area contributed by atoms with Crippen LogP contribution < -0.4 is 14.2 Å². The molecule has 1 saturated heterocycles. The molecule has 1 heterocycles. The van der Waals surface area contributed by atoms with Crippen molar-refractivity contribution in [3.05, 3.63) is 93.0 Å². The Morgan fingerprint density at radius 2 is 1.56 bits per heavy atom. The highest BCUT2D eigenvalue weighted by Crippen LogP contribution is 2.43. The smallest absolute Gasteiger partial charge is 0.295 e. The van der Waals surface area contributed by atoms with Crippen LogP contribution in [0.25, 0.3) is 5.76 Å². The maximum absolute atomic E-state index is 13.3. The molecule has 186 valence electrons. The summed E-state index contributed by atoms with van der Waals surface area (Å²) in [4.78, 5) is 28.1. The third kappa shape index (κ3) is 4.59. The molecular weight excluding hydrogens is 505 g/mol. The monoisotopic (exact) mass is 527 g/mol. The van der Waals surface area contributed by atoms with Crippen LogP contribution in [0.1, 0.15) is 22.7 Å². The first-order valence-corrected chi connectivity index (χ1v) is 11.6. The molecule has 1 aliphatic heterocycles. The van der Waals surface area contributed by atoms with E-state index in [9.17, 15) is 14.7 Å². The Morgan fingerprint density at radius 1 is 0.861 bits per heavy atom. The summed E-state index contributed by atoms with van der Waals surface area (Å²) in [6.45, 7) is 0.0613. The Bertz CT molecular complexity index is 1370. The van der Waals surface area contributed by atoms with Crippen LogP contribution in [0.3, 0.4) is 0 Å². The predicted octanol–water partition coefficient (Wildman–Crippen LogP) is 5.64. The molecule has 3 aromatic carbocycles. The number of carbonyl (C=O) groups excluding carboxylic acids is 2. The highest BCUT2D eigenvalue weighted by atomic mass is 35.5. The van der Waals surface area contributed by atoms with Gasteiger partial charge in [-0.3, -0.25) is 9.59 Å². The van der Waals surface area contributed by atoms with Gasteiger partial charge in [-0.05, 0) is 42.0 Å². The van der Waals surface area contributed by atoms with Crippen LogP contribution in [0, 0.1) is 0 Å². The van der Waals surface area contributed by atoms with Crippen molar-refractivity contribution in [3.63, 3.8) is 0 Å². The van der Waals surface area contributed by atoms with Crippen molar-refractivity contribution >= 4 is 40.7 Å². The number of amides is 1. The summed E-state index contributed by atoms with van der Waals surface area (Å²) in [6.07, 6.45) is 0. The topological polar surface area (TPSA) is 85.3 Å². The molecule has 1 amide bonds. The fourth-order valence-electron chi connectivity index (χ4n) is 4.23. The van der Waals surface area contributed by atoms with Crippen molar-refractivity contribution in [3.8, 4) is 17.2 Å². The lowest BCUT2D eigenvalue weighted by atomic mass is 9.94. The molecule has 9 heteroatoms. The lowest BCUT2D eigenvalue weighted by Gasteiger charge is -2.26. The van der Waals surface area contributed by atoms with Crippen LogP contribution in [0.15, 0.2) is 66.2 Å². The van der Waals surface area contributed by atoms with Gasteiger partial charge in [0, 0.05) is 11.1 Å². The molecule has 0 bridgehead atoms. The quantitative estimate of drug-likeness (QED) is 0.243. The molecule has 1 N–H and O–H groups in total. The van der Waals surface area contributed by atoms with E-state index >= 15 is 0 Å². The molecular formula is C27H23Cl2NO6. The van der Waals surface area contributed by atoms with Gasteiger partial charge in [0.2, 0.25) is 0 Å². The van der Waals surface area contributed by atoms with E-state index in [-0.39, 0.29) is 28.5 Å². The zero-order valence-electron chi connectivity index (χ0n) is 19.7. The molecule has 1 fully saturated rings. The number of nitrogens with zero attached hydrogens (tertiary/aromatic N) is 1. The number of para-hydroxylation sites is 1. The van der Waals surface area contributed by atoms with Gasteiger partial charge >= 0.3 is 0 Å². The first-order chi connectivity index (χ1) is 17.3. The summed E-state index contributed by atoms with van der Waals surface area (Å²) in [5.41, 5.74) is 1.41. The normalized spacial score (nSPS) is 16.8. The number of ketones is 1. The molecule has 1 aliphatic rings. The number of Topliss-reactive ketones (excluding diaryl/α,β-unsaturated/α-hetero) is 1. The lowest BCUT2D eigenvalue weighted by molar-refractivity contribution is -0.140. The lowest BCUT2D eigenvalue weighted by Crippen LogP contribution is -2.29. The minimum Gasteiger partial charge on any atom is -0.507 e. The Kier molecular flexibility index (Phi) is 7.43. The van der Waals surface area contributed by atoms with Crippen LogP contribution in [0.5, 0.6) is 17.2 Å². The van der Waals surface area contributed by atoms with Crippen LogP contribution in [-0.2, 0) is 16.1 Å². The van der Waals surface area contributed by atoms with E-state index in [4.69, 9.17) is 37.4 Å². The molecule has 0 saturated carbocycles. The molecule has 1 atom stereocenters. The van der Waals surface area contributed by atoms with E-state index in [1.165, 1.54) is 44.4 Å². The summed E-state index contributed by atoms with van der Waals surface area (Å²) < 4.78 is 16.2. The second-order valence-electron chi connectivity index (χ2n) is 7.98. The number of carbonyl (C=O) groups is 2. The Balaban J connectivity index is 1.92. The maximum atomic E-state index is 13.3. The second kappa shape index (κ2) is 10.5. The van der Waals surface area contributed by atoms with E-state index in [2.05, 4.69) is 0 Å². The van der Waals surface area contributed by atoms with E-state index in [0.29, 0.717) is 33.4 Å². The number of methoxy groups -OCH3 is 3. The fraction of sp³-hybridized carbons (Fsp3) is 0.185. The zero-order chi connectivity index (χ0) is 26.0. The van der Waals surface area contributed by atoms with Gasteiger partial charge in [0.15, 0.2) is 11.5 Å². The van der Waals surface area contributed by atoms with Gasteiger partial charge in [0.25, 0.3) is 11.7 Å². The van der Waals surface area contributed by atoms with Crippen LogP contribution in [-0.4, -0.2) is 43.0 Å². The van der Waals surface area contributed by atoms with E-state index in [0.717, 1.165) is 0 Å². The van der Waals surface area contributed by atoms with Crippen LogP contribution in [0.4, 0.5) is 0 Å². The van der Waals surface area contributed by atoms with E-state index < -0.39 is 17.7 Å². The van der Waals surface area contributed by atoms with Crippen molar-refractivity contribution in [2.24, 2.45) is 0 Å². The Labute approximate surface area is 218 Å². The number of benzene rings is 3. The summed E-state index contributed by atoms with van der Waals surface area (Å²) in [5.74, 6) is -0.500. The van der Waals surface area contributed by atoms with Gasteiger partial charge in [-0.15, -0.1) is 0 Å². The average molecular weight is 528 g/mol. The number of hydrogen-bond acceptors (Lipinski definition) is 6. The van der Waals surface area contributed by atoms with Gasteiger partial charge in [-0.1, -0.05) is 47.5 Å². The summed E-state index contributed by atoms with van der Waals surface area (Å²) >= 11 is 12.2. The molecule has 0 aromatic heterocycles. The molecule has 0 aliphatic carbocycles. The number of ether oxygens (including phenoxy) is 3. The third-order valence-corrected chi connectivity index (χ3v) is 6.73. The van der Waals surface area contributed by atoms with Gasteiger partial charge < -0.3 is 24.2 Å². The third-order valence-electron chi connectivity index (χ3n) is 5.99. The zero-order valence-corrected chi connectivity index (χ0v) is 21.3. The van der Waals surface area contributed by atoms with Gasteiger partial charge in [-0.25, -0.2) is 0 Å². The van der Waals surface area contributed by atoms with Crippen molar-refractivity contribution < 1.29 is 28.9 Å². The molecule has 1 unspecified atom stereocenters. The highest BCUT2D eigenvalue weighted by Gasteiger charge is 2.46. The number of hydrogen-bond donors (Lipinski definition) is 1. The van der Waals surface area contributed by atoms with Crippen molar-refractivity contribution in [1.29, 1.82) is 0 Å². The van der Waals surface area contributed by atoms with Crippen molar-refractivity contribution in [1.82, 2.24) is 4.90 Å². The predicted molar refractivity (Wildman–Crippen MR) is 137 cm³/mol. The minimum atomic E-state index is -0.927. The van der Waals surface area contributed by atoms with E-state index in [1.54, 1.807) is 24.3 Å². The molecule has 0 spiro atoms. The van der Waals surface area contributed by atoms with Crippen molar-refractivity contribution in [2.75, 3.05) is 21.3 Å². The van der Waals surface area contributed by atoms with Crippen molar-refractivity contribution in [2.45, 2.75) is 12.6 Å². The number of likely N-dealkylation sites (tertiary alicyclic amines) is 1. The first-order valence-electron chi connectivity index (χ1n) is 10.9. The Hall–Kier alpha value is -3.68. The fourth-order valence-corrected chi connectivity index (χ4v) is 4.53. The van der Waals surface area contributed by atoms with Gasteiger partial charge in [0.05, 0.1) is 49.5 Å². The Morgan fingerprint density at radius 3 is 2.22 bits per heavy atom. The second-order valence-corrected chi connectivity index (χ2v) is 8.80. The largest absolute Gasteiger partial charge is 0.507 e. The number of aliphatic hydroxyl groups excluding tert-OH is 1. The molecule has 3 aromatic rings. The molecule has 0 radical (unpaired) electrons. The summed E-state index contributed by atoms with van der Waals surface area (Å²) in [7, 11) is 4.53. The summed E-state index contributed by atoms with van der Waals surface area (Å²) in [6, 6.07) is 15.8. The van der Waals surface area contributed by atoms with Crippen LogP contribution >= 0.6 is 23.2 Å². The van der Waals surface area contributed by atoms with Gasteiger partial charge in [0.1, 0.15) is 11.5 Å². The molecule has 7 nitrogen and oxygen atoms in total. The average Bonchev–Trinajstić information content (AvgIpc) is 3.14. The highest BCUT2D eigenvalue weighted by molar-refractivity contribution is 6.46. The molecule has 4 rings (SSSR count). The van der Waals surface area contributed by atoms with Gasteiger partial charge in [-0.2, -0.15) is 0 Å². The minimum absolute atomic E-state index is 0.0613. The number of aliphatic hydroxyl groups is 1. The SMILES string of the molecule is COc1ccccc1CN1C(=O)C(=O)/C(=C(\O)c2ccc(Cl)c(Cl)c2)C1c1ccc(OC)c(OC)c1. The van der Waals surface area contributed by atoms with Crippen LogP contribution in [0.2, 0.25) is 10.0 Å². The maximum Gasteiger partial charge on any atom is 0.295 e. The molecule has 36 heavy (non-hydrogen) atoms. The number of halogens is 2. The summed E-state index contributed by atoms with van der Waals surface area (Å²) in [5, 5.41) is 11.8. The standard InChI is InChI=1S/C27H23Cl2NO6/c1-34-20-7-5-4-6-17(20)14-30-24(15-9-11-21(35-2)22(13-15)36-3)23(26(32)27(30)33)25(31)16-8-10-18(28)19(29)12-16/h4-13,24,31H,14H2,1-3H3/b25-23-. The first kappa shape index (κ1) is 25.4. The number of rotatable bonds is 7.